The topological polar surface area (TPSA) is 96.0 Å². The van der Waals surface area contributed by atoms with Crippen LogP contribution in [0.25, 0.3) is 0 Å². The minimum atomic E-state index is -3.79. The molecule has 4 rings (SSSR count). The second kappa shape index (κ2) is 9.25. The average molecular weight is 466 g/mol. The Hall–Kier alpha value is -3.62. The first-order valence-electron chi connectivity index (χ1n) is 9.71. The molecular weight excluding hydrogens is 446 g/mol. The van der Waals surface area contributed by atoms with Gasteiger partial charge in [-0.3, -0.25) is 4.72 Å². The Morgan fingerprint density at radius 2 is 1.38 bits per heavy atom. The Morgan fingerprint density at radius 1 is 0.750 bits per heavy atom. The van der Waals surface area contributed by atoms with Gasteiger partial charge in [0.05, 0.1) is 5.02 Å². The molecule has 0 amide bonds. The predicted molar refractivity (Wildman–Crippen MR) is 128 cm³/mol. The van der Waals surface area contributed by atoms with E-state index in [-0.39, 0.29) is 9.92 Å². The highest BCUT2D eigenvalue weighted by Crippen LogP contribution is 2.25. The fourth-order valence-electron chi connectivity index (χ4n) is 2.98. The first-order valence-corrected chi connectivity index (χ1v) is 11.6. The number of benzene rings is 3. The van der Waals surface area contributed by atoms with E-state index in [1.165, 1.54) is 12.1 Å². The minimum Gasteiger partial charge on any atom is -0.340 e. The fourth-order valence-corrected chi connectivity index (χ4v) is 4.56. The molecule has 0 radical (unpaired) electrons. The lowest BCUT2D eigenvalue weighted by Crippen LogP contribution is -2.13. The van der Waals surface area contributed by atoms with Crippen molar-refractivity contribution in [2.75, 3.05) is 15.4 Å². The number of hydrogen-bond donors (Lipinski definition) is 3. The van der Waals surface area contributed by atoms with Gasteiger partial charge in [0.1, 0.15) is 10.7 Å². The molecule has 0 unspecified atom stereocenters. The SMILES string of the molecule is Cc1cc(Nc2ccccc2)nc(Nc2ccc(NS(=O)(=O)c3ccccc3Cl)cc2)n1. The van der Waals surface area contributed by atoms with Crippen LogP contribution in [0.15, 0.2) is 89.8 Å². The smallest absolute Gasteiger partial charge is 0.263 e. The minimum absolute atomic E-state index is 0.0236. The Labute approximate surface area is 191 Å². The molecular formula is C23H20ClN5O2S. The van der Waals surface area contributed by atoms with Gasteiger partial charge in [0, 0.05) is 28.8 Å². The lowest BCUT2D eigenvalue weighted by molar-refractivity contribution is 0.601. The molecule has 32 heavy (non-hydrogen) atoms. The molecule has 7 nitrogen and oxygen atoms in total. The quantitative estimate of drug-likeness (QED) is 0.322. The van der Waals surface area contributed by atoms with Gasteiger partial charge in [-0.25, -0.2) is 13.4 Å². The van der Waals surface area contributed by atoms with Crippen molar-refractivity contribution < 1.29 is 8.42 Å². The van der Waals surface area contributed by atoms with Crippen LogP contribution < -0.4 is 15.4 Å². The number of halogens is 1. The van der Waals surface area contributed by atoms with Crippen LogP contribution in [0.5, 0.6) is 0 Å². The van der Waals surface area contributed by atoms with Crippen molar-refractivity contribution in [1.29, 1.82) is 0 Å². The third kappa shape index (κ3) is 5.35. The van der Waals surface area contributed by atoms with Crippen LogP contribution in [0.1, 0.15) is 5.69 Å². The second-order valence-electron chi connectivity index (χ2n) is 6.95. The van der Waals surface area contributed by atoms with E-state index in [1.54, 1.807) is 36.4 Å². The van der Waals surface area contributed by atoms with E-state index in [0.29, 0.717) is 23.1 Å². The largest absolute Gasteiger partial charge is 0.340 e. The van der Waals surface area contributed by atoms with E-state index >= 15 is 0 Å². The lowest BCUT2D eigenvalue weighted by Gasteiger charge is -2.12. The summed E-state index contributed by atoms with van der Waals surface area (Å²) in [5, 5.41) is 6.55. The Balaban J connectivity index is 1.48. The first-order chi connectivity index (χ1) is 15.4. The van der Waals surface area contributed by atoms with Crippen molar-refractivity contribution >= 4 is 50.5 Å². The van der Waals surface area contributed by atoms with Crippen LogP contribution >= 0.6 is 11.6 Å². The van der Waals surface area contributed by atoms with Gasteiger partial charge >= 0.3 is 0 Å². The monoisotopic (exact) mass is 465 g/mol. The summed E-state index contributed by atoms with van der Waals surface area (Å²) >= 11 is 6.02. The van der Waals surface area contributed by atoms with Crippen LogP contribution in [-0.2, 0) is 10.0 Å². The maximum Gasteiger partial charge on any atom is 0.263 e. The third-order valence-electron chi connectivity index (χ3n) is 4.42. The highest BCUT2D eigenvalue weighted by Gasteiger charge is 2.17. The molecule has 4 aromatic rings. The van der Waals surface area contributed by atoms with Gasteiger partial charge in [-0.05, 0) is 55.5 Å². The molecule has 0 aliphatic heterocycles. The molecule has 3 N–H and O–H groups in total. The summed E-state index contributed by atoms with van der Waals surface area (Å²) in [7, 11) is -3.79. The number of nitrogens with one attached hydrogen (secondary N) is 3. The van der Waals surface area contributed by atoms with E-state index in [0.717, 1.165) is 11.4 Å². The molecule has 0 atom stereocenters. The van der Waals surface area contributed by atoms with E-state index in [1.807, 2.05) is 43.3 Å². The molecule has 0 aliphatic rings. The van der Waals surface area contributed by atoms with Crippen molar-refractivity contribution in [1.82, 2.24) is 9.97 Å². The number of anilines is 5. The molecule has 0 spiro atoms. The molecule has 0 bridgehead atoms. The van der Waals surface area contributed by atoms with Crippen LogP contribution in [-0.4, -0.2) is 18.4 Å². The average Bonchev–Trinajstić information content (AvgIpc) is 2.75. The van der Waals surface area contributed by atoms with E-state index < -0.39 is 10.0 Å². The molecule has 0 fully saturated rings. The Kier molecular flexibility index (Phi) is 6.25. The van der Waals surface area contributed by atoms with Crippen LogP contribution in [0.4, 0.5) is 28.8 Å². The molecule has 3 aromatic carbocycles. The molecule has 162 valence electrons. The van der Waals surface area contributed by atoms with Gasteiger partial charge in [-0.2, -0.15) is 4.98 Å². The molecule has 0 saturated heterocycles. The molecule has 0 saturated carbocycles. The Morgan fingerprint density at radius 3 is 2.09 bits per heavy atom. The zero-order valence-corrected chi connectivity index (χ0v) is 18.7. The highest BCUT2D eigenvalue weighted by molar-refractivity contribution is 7.92. The standard InChI is InChI=1S/C23H20ClN5O2S/c1-16-15-22(26-17-7-3-2-4-8-17)28-23(25-16)27-18-11-13-19(14-12-18)29-32(30,31)21-10-6-5-9-20(21)24/h2-15,29H,1H3,(H2,25,26,27,28). The number of para-hydroxylation sites is 1. The normalized spacial score (nSPS) is 11.1. The molecule has 1 aromatic heterocycles. The van der Waals surface area contributed by atoms with Gasteiger partial charge in [-0.15, -0.1) is 0 Å². The number of rotatable bonds is 7. The van der Waals surface area contributed by atoms with Crippen LogP contribution in [0.3, 0.4) is 0 Å². The molecule has 1 heterocycles. The van der Waals surface area contributed by atoms with Gasteiger partial charge in [-0.1, -0.05) is 41.9 Å². The predicted octanol–water partition coefficient (Wildman–Crippen LogP) is 5.73. The van der Waals surface area contributed by atoms with Crippen LogP contribution in [0, 0.1) is 6.92 Å². The lowest BCUT2D eigenvalue weighted by atomic mass is 10.3. The molecule has 9 heteroatoms. The van der Waals surface area contributed by atoms with E-state index in [4.69, 9.17) is 11.6 Å². The maximum atomic E-state index is 12.6. The van der Waals surface area contributed by atoms with Gasteiger partial charge in [0.15, 0.2) is 0 Å². The molecule has 0 aliphatic carbocycles. The third-order valence-corrected chi connectivity index (χ3v) is 6.30. The van der Waals surface area contributed by atoms with Crippen molar-refractivity contribution in [3.05, 3.63) is 95.6 Å². The summed E-state index contributed by atoms with van der Waals surface area (Å²) < 4.78 is 27.7. The summed E-state index contributed by atoms with van der Waals surface area (Å²) in [6.45, 7) is 1.88. The number of nitrogens with zero attached hydrogens (tertiary/aromatic N) is 2. The summed E-state index contributed by atoms with van der Waals surface area (Å²) in [5.41, 5.74) is 2.84. The summed E-state index contributed by atoms with van der Waals surface area (Å²) in [6.07, 6.45) is 0. The van der Waals surface area contributed by atoms with E-state index in [9.17, 15) is 8.42 Å². The number of aromatic nitrogens is 2. The number of hydrogen-bond acceptors (Lipinski definition) is 6. The van der Waals surface area contributed by atoms with Crippen molar-refractivity contribution in [3.8, 4) is 0 Å². The first kappa shape index (κ1) is 21.6. The number of sulfonamides is 1. The van der Waals surface area contributed by atoms with Crippen molar-refractivity contribution in [2.45, 2.75) is 11.8 Å². The van der Waals surface area contributed by atoms with Gasteiger partial charge in [0.2, 0.25) is 5.95 Å². The second-order valence-corrected chi connectivity index (χ2v) is 9.01. The summed E-state index contributed by atoms with van der Waals surface area (Å²) in [4.78, 5) is 8.93. The zero-order valence-electron chi connectivity index (χ0n) is 17.1. The maximum absolute atomic E-state index is 12.6. The summed E-state index contributed by atoms with van der Waals surface area (Å²) in [5.74, 6) is 1.09. The van der Waals surface area contributed by atoms with Crippen molar-refractivity contribution in [2.24, 2.45) is 0 Å². The number of aryl methyl sites for hydroxylation is 1. The van der Waals surface area contributed by atoms with Crippen molar-refractivity contribution in [3.63, 3.8) is 0 Å². The van der Waals surface area contributed by atoms with Gasteiger partial charge < -0.3 is 10.6 Å². The van der Waals surface area contributed by atoms with Crippen LogP contribution in [0.2, 0.25) is 5.02 Å². The van der Waals surface area contributed by atoms with E-state index in [2.05, 4.69) is 25.3 Å². The fraction of sp³-hybridized carbons (Fsp3) is 0.0435. The highest BCUT2D eigenvalue weighted by atomic mass is 35.5. The summed E-state index contributed by atoms with van der Waals surface area (Å²) in [6, 6.07) is 24.6. The zero-order chi connectivity index (χ0) is 22.6. The Bertz CT molecular complexity index is 1330. The van der Waals surface area contributed by atoms with Gasteiger partial charge in [0.25, 0.3) is 10.0 Å².